The Morgan fingerprint density at radius 2 is 2.25 bits per heavy atom. The molecule has 1 aromatic carbocycles. The van der Waals surface area contributed by atoms with Crippen molar-refractivity contribution in [2.75, 3.05) is 23.7 Å². The summed E-state index contributed by atoms with van der Waals surface area (Å²) in [5, 5.41) is 9.58. The minimum atomic E-state index is -0.209. The summed E-state index contributed by atoms with van der Waals surface area (Å²) in [7, 11) is 0. The number of benzene rings is 1. The molecule has 0 aromatic heterocycles. The lowest BCUT2D eigenvalue weighted by Gasteiger charge is -2.22. The van der Waals surface area contributed by atoms with E-state index in [0.717, 1.165) is 25.2 Å². The van der Waals surface area contributed by atoms with Gasteiger partial charge in [-0.25, -0.2) is 0 Å². The third-order valence-electron chi connectivity index (χ3n) is 3.47. The predicted octanol–water partition coefficient (Wildman–Crippen LogP) is 1.78. The Morgan fingerprint density at radius 1 is 1.50 bits per heavy atom. The molecule has 2 unspecified atom stereocenters. The van der Waals surface area contributed by atoms with Crippen LogP contribution in [0.25, 0.3) is 0 Å². The van der Waals surface area contributed by atoms with Gasteiger partial charge in [-0.3, -0.25) is 0 Å². The van der Waals surface area contributed by atoms with Crippen LogP contribution in [0, 0.1) is 12.8 Å². The second-order valence-corrected chi connectivity index (χ2v) is 4.78. The molecule has 2 rings (SSSR count). The zero-order valence-electron chi connectivity index (χ0n) is 9.98. The van der Waals surface area contributed by atoms with Crippen LogP contribution < -0.4 is 10.6 Å². The molecule has 1 aromatic rings. The maximum absolute atomic E-state index is 9.58. The Kier molecular flexibility index (Phi) is 3.06. The average Bonchev–Trinajstić information content (AvgIpc) is 2.66. The van der Waals surface area contributed by atoms with Gasteiger partial charge in [0.15, 0.2) is 0 Å². The van der Waals surface area contributed by atoms with Crippen molar-refractivity contribution < 1.29 is 5.11 Å². The van der Waals surface area contributed by atoms with Crippen molar-refractivity contribution in [2.24, 2.45) is 5.92 Å². The number of aliphatic hydroxyl groups excluding tert-OH is 1. The standard InChI is InChI=1S/C13H20N2O/c1-9-7-12(14)3-4-13(9)15-6-5-11(8-15)10(2)16/h3-4,7,10-11,16H,5-6,8,14H2,1-2H3. The monoisotopic (exact) mass is 220 g/mol. The molecule has 1 saturated heterocycles. The average molecular weight is 220 g/mol. The zero-order chi connectivity index (χ0) is 11.7. The fraction of sp³-hybridized carbons (Fsp3) is 0.538. The number of aliphatic hydroxyl groups is 1. The number of hydrogen-bond donors (Lipinski definition) is 2. The second kappa shape index (κ2) is 4.34. The Labute approximate surface area is 96.9 Å². The van der Waals surface area contributed by atoms with Crippen molar-refractivity contribution in [2.45, 2.75) is 26.4 Å². The lowest BCUT2D eigenvalue weighted by molar-refractivity contribution is 0.136. The van der Waals surface area contributed by atoms with Gasteiger partial charge < -0.3 is 15.7 Å². The fourth-order valence-electron chi connectivity index (χ4n) is 2.43. The van der Waals surface area contributed by atoms with Crippen LogP contribution in [-0.2, 0) is 0 Å². The van der Waals surface area contributed by atoms with E-state index in [1.807, 2.05) is 19.1 Å². The predicted molar refractivity (Wildman–Crippen MR) is 67.6 cm³/mol. The lowest BCUT2D eigenvalue weighted by atomic mass is 10.0. The topological polar surface area (TPSA) is 49.5 Å². The summed E-state index contributed by atoms with van der Waals surface area (Å²) in [6.07, 6.45) is 0.862. The molecule has 3 nitrogen and oxygen atoms in total. The summed E-state index contributed by atoms with van der Waals surface area (Å²) in [5.41, 5.74) is 9.02. The molecule has 1 heterocycles. The minimum Gasteiger partial charge on any atom is -0.399 e. The van der Waals surface area contributed by atoms with E-state index < -0.39 is 0 Å². The summed E-state index contributed by atoms with van der Waals surface area (Å²) in [5.74, 6) is 0.400. The Hall–Kier alpha value is -1.22. The highest BCUT2D eigenvalue weighted by Gasteiger charge is 2.26. The van der Waals surface area contributed by atoms with Crippen LogP contribution in [0.3, 0.4) is 0 Å². The summed E-state index contributed by atoms with van der Waals surface area (Å²) in [4.78, 5) is 2.34. The van der Waals surface area contributed by atoms with E-state index in [0.29, 0.717) is 5.92 Å². The van der Waals surface area contributed by atoms with Crippen LogP contribution in [0.4, 0.5) is 11.4 Å². The van der Waals surface area contributed by atoms with Crippen LogP contribution in [0.5, 0.6) is 0 Å². The fourth-order valence-corrected chi connectivity index (χ4v) is 2.43. The molecule has 1 aliphatic heterocycles. The van der Waals surface area contributed by atoms with Gasteiger partial charge in [0.25, 0.3) is 0 Å². The van der Waals surface area contributed by atoms with Crippen molar-refractivity contribution in [1.82, 2.24) is 0 Å². The minimum absolute atomic E-state index is 0.209. The molecule has 3 heteroatoms. The number of anilines is 2. The van der Waals surface area contributed by atoms with Gasteiger partial charge in [-0.2, -0.15) is 0 Å². The molecule has 0 aliphatic carbocycles. The van der Waals surface area contributed by atoms with Crippen molar-refractivity contribution >= 4 is 11.4 Å². The second-order valence-electron chi connectivity index (χ2n) is 4.78. The van der Waals surface area contributed by atoms with E-state index >= 15 is 0 Å². The number of nitrogens with zero attached hydrogens (tertiary/aromatic N) is 1. The molecule has 1 fully saturated rings. The first-order valence-electron chi connectivity index (χ1n) is 5.87. The van der Waals surface area contributed by atoms with Gasteiger partial charge in [0, 0.05) is 30.4 Å². The van der Waals surface area contributed by atoms with E-state index in [-0.39, 0.29) is 6.10 Å². The highest BCUT2D eigenvalue weighted by Crippen LogP contribution is 2.29. The van der Waals surface area contributed by atoms with Crippen LogP contribution >= 0.6 is 0 Å². The quantitative estimate of drug-likeness (QED) is 0.747. The molecule has 0 radical (unpaired) electrons. The first kappa shape index (κ1) is 11.3. The third kappa shape index (κ3) is 2.14. The maximum Gasteiger partial charge on any atom is 0.0557 e. The Bertz CT molecular complexity index is 376. The molecule has 88 valence electrons. The van der Waals surface area contributed by atoms with Crippen LogP contribution in [0.2, 0.25) is 0 Å². The highest BCUT2D eigenvalue weighted by molar-refractivity contribution is 5.59. The van der Waals surface area contributed by atoms with E-state index in [4.69, 9.17) is 5.73 Å². The van der Waals surface area contributed by atoms with Gasteiger partial charge in [-0.05, 0) is 44.0 Å². The summed E-state index contributed by atoms with van der Waals surface area (Å²) < 4.78 is 0. The largest absolute Gasteiger partial charge is 0.399 e. The Morgan fingerprint density at radius 3 is 2.81 bits per heavy atom. The number of nitrogens with two attached hydrogens (primary N) is 1. The number of rotatable bonds is 2. The van der Waals surface area contributed by atoms with Gasteiger partial charge in [-0.15, -0.1) is 0 Å². The van der Waals surface area contributed by atoms with Crippen LogP contribution in [0.15, 0.2) is 18.2 Å². The van der Waals surface area contributed by atoms with E-state index in [9.17, 15) is 5.11 Å². The molecule has 0 saturated carbocycles. The SMILES string of the molecule is Cc1cc(N)ccc1N1CCC(C(C)O)C1. The molecule has 16 heavy (non-hydrogen) atoms. The van der Waals surface area contributed by atoms with Crippen LogP contribution in [-0.4, -0.2) is 24.3 Å². The van der Waals surface area contributed by atoms with E-state index in [2.05, 4.69) is 17.9 Å². The van der Waals surface area contributed by atoms with Crippen molar-refractivity contribution in [1.29, 1.82) is 0 Å². The molecule has 0 bridgehead atoms. The van der Waals surface area contributed by atoms with Crippen molar-refractivity contribution in [3.63, 3.8) is 0 Å². The van der Waals surface area contributed by atoms with Crippen molar-refractivity contribution in [3.8, 4) is 0 Å². The van der Waals surface area contributed by atoms with Gasteiger partial charge in [0.1, 0.15) is 0 Å². The van der Waals surface area contributed by atoms with Gasteiger partial charge >= 0.3 is 0 Å². The molecule has 3 N–H and O–H groups in total. The zero-order valence-corrected chi connectivity index (χ0v) is 9.98. The first-order chi connectivity index (χ1) is 7.58. The molecular formula is C13H20N2O. The van der Waals surface area contributed by atoms with Gasteiger partial charge in [0.2, 0.25) is 0 Å². The third-order valence-corrected chi connectivity index (χ3v) is 3.47. The van der Waals surface area contributed by atoms with Gasteiger partial charge in [-0.1, -0.05) is 0 Å². The molecule has 0 spiro atoms. The maximum atomic E-state index is 9.58. The van der Waals surface area contributed by atoms with E-state index in [1.54, 1.807) is 0 Å². The summed E-state index contributed by atoms with van der Waals surface area (Å²) >= 11 is 0. The summed E-state index contributed by atoms with van der Waals surface area (Å²) in [6, 6.07) is 6.03. The van der Waals surface area contributed by atoms with E-state index in [1.165, 1.54) is 11.3 Å². The molecule has 2 atom stereocenters. The number of aryl methyl sites for hydroxylation is 1. The smallest absolute Gasteiger partial charge is 0.0557 e. The molecule has 0 amide bonds. The first-order valence-corrected chi connectivity index (χ1v) is 5.87. The van der Waals surface area contributed by atoms with Crippen molar-refractivity contribution in [3.05, 3.63) is 23.8 Å². The lowest BCUT2D eigenvalue weighted by Crippen LogP contribution is -2.24. The Balaban J connectivity index is 2.14. The van der Waals surface area contributed by atoms with Crippen LogP contribution in [0.1, 0.15) is 18.9 Å². The highest BCUT2D eigenvalue weighted by atomic mass is 16.3. The molecular weight excluding hydrogens is 200 g/mol. The normalized spacial score (nSPS) is 22.4. The number of hydrogen-bond acceptors (Lipinski definition) is 3. The van der Waals surface area contributed by atoms with Gasteiger partial charge in [0.05, 0.1) is 6.10 Å². The summed E-state index contributed by atoms with van der Waals surface area (Å²) in [6.45, 7) is 5.94. The number of nitrogen functional groups attached to an aromatic ring is 1. The molecule has 1 aliphatic rings.